The van der Waals surface area contributed by atoms with Crippen molar-refractivity contribution < 1.29 is 23.0 Å². The van der Waals surface area contributed by atoms with E-state index in [0.29, 0.717) is 59.4 Å². The highest BCUT2D eigenvalue weighted by Gasteiger charge is 2.34. The number of aryl methyl sites for hydroxylation is 2. The molecule has 7 nitrogen and oxygen atoms in total. The van der Waals surface area contributed by atoms with Gasteiger partial charge in [-0.05, 0) is 69.4 Å². The zero-order valence-electron chi connectivity index (χ0n) is 22.8. The summed E-state index contributed by atoms with van der Waals surface area (Å²) in [6.45, 7) is 5.95. The first-order chi connectivity index (χ1) is 19.1. The molecule has 1 fully saturated rings. The molecule has 1 aliphatic heterocycles. The molecule has 0 saturated carbocycles. The SMILES string of the molecule is Cc1nnn(C)c1-c1cnc2c3c(F)cc(C(C)(C)O)cc3n([C@H](c3cccc(F)c3F)C3CCOCC3)c2c1. The molecule has 0 unspecified atom stereocenters. The minimum Gasteiger partial charge on any atom is -0.386 e. The molecule has 5 aromatic rings. The Morgan fingerprint density at radius 2 is 1.80 bits per heavy atom. The maximum atomic E-state index is 15.9. The normalized spacial score (nSPS) is 15.8. The maximum absolute atomic E-state index is 15.9. The predicted molar refractivity (Wildman–Crippen MR) is 145 cm³/mol. The van der Waals surface area contributed by atoms with Crippen LogP contribution in [0.3, 0.4) is 0 Å². The Hall–Kier alpha value is -3.76. The first-order valence-corrected chi connectivity index (χ1v) is 13.3. The van der Waals surface area contributed by atoms with Gasteiger partial charge in [0.2, 0.25) is 0 Å². The van der Waals surface area contributed by atoms with Crippen molar-refractivity contribution in [1.29, 1.82) is 0 Å². The molecule has 0 radical (unpaired) electrons. The van der Waals surface area contributed by atoms with Crippen molar-refractivity contribution in [3.8, 4) is 11.3 Å². The van der Waals surface area contributed by atoms with E-state index in [9.17, 15) is 9.50 Å². The second kappa shape index (κ2) is 9.71. The molecule has 1 saturated heterocycles. The summed E-state index contributed by atoms with van der Waals surface area (Å²) in [6.07, 6.45) is 2.86. The summed E-state index contributed by atoms with van der Waals surface area (Å²) in [7, 11) is 1.78. The molecule has 0 amide bonds. The van der Waals surface area contributed by atoms with E-state index in [0.717, 1.165) is 11.8 Å². The molecule has 10 heteroatoms. The fourth-order valence-electron chi connectivity index (χ4n) is 6.00. The van der Waals surface area contributed by atoms with Crippen LogP contribution in [0, 0.1) is 30.3 Å². The Balaban J connectivity index is 1.75. The number of nitrogens with zero attached hydrogens (tertiary/aromatic N) is 5. The van der Waals surface area contributed by atoms with Gasteiger partial charge in [-0.1, -0.05) is 17.3 Å². The van der Waals surface area contributed by atoms with Gasteiger partial charge in [0.05, 0.1) is 45.0 Å². The highest BCUT2D eigenvalue weighted by Crippen LogP contribution is 2.43. The molecule has 1 atom stereocenters. The quantitative estimate of drug-likeness (QED) is 0.293. The molecule has 1 aliphatic rings. The molecule has 3 aromatic heterocycles. The van der Waals surface area contributed by atoms with Crippen molar-refractivity contribution in [1.82, 2.24) is 24.5 Å². The average molecular weight is 550 g/mol. The van der Waals surface area contributed by atoms with Gasteiger partial charge < -0.3 is 14.4 Å². The van der Waals surface area contributed by atoms with E-state index in [1.165, 1.54) is 12.1 Å². The van der Waals surface area contributed by atoms with Crippen LogP contribution in [0.25, 0.3) is 33.2 Å². The maximum Gasteiger partial charge on any atom is 0.164 e. The van der Waals surface area contributed by atoms with Gasteiger partial charge in [0.25, 0.3) is 0 Å². The Morgan fingerprint density at radius 1 is 1.05 bits per heavy atom. The van der Waals surface area contributed by atoms with Crippen molar-refractivity contribution in [2.45, 2.75) is 45.3 Å². The summed E-state index contributed by atoms with van der Waals surface area (Å²) in [5.74, 6) is -2.58. The van der Waals surface area contributed by atoms with Crippen molar-refractivity contribution in [2.75, 3.05) is 13.2 Å². The van der Waals surface area contributed by atoms with Crippen LogP contribution in [-0.2, 0) is 17.4 Å². The monoisotopic (exact) mass is 549 g/mol. The van der Waals surface area contributed by atoms with Crippen molar-refractivity contribution in [3.05, 3.63) is 76.9 Å². The van der Waals surface area contributed by atoms with E-state index >= 15 is 8.78 Å². The number of hydrogen-bond acceptors (Lipinski definition) is 5. The Morgan fingerprint density at radius 3 is 2.48 bits per heavy atom. The van der Waals surface area contributed by atoms with Crippen molar-refractivity contribution in [3.63, 3.8) is 0 Å². The van der Waals surface area contributed by atoms with Crippen LogP contribution in [0.2, 0.25) is 0 Å². The number of ether oxygens (including phenoxy) is 1. The lowest BCUT2D eigenvalue weighted by molar-refractivity contribution is 0.0547. The third-order valence-electron chi connectivity index (χ3n) is 7.96. The third-order valence-corrected chi connectivity index (χ3v) is 7.96. The lowest BCUT2D eigenvalue weighted by Gasteiger charge is -2.33. The number of fused-ring (bicyclic) bond motifs is 3. The second-order valence-corrected chi connectivity index (χ2v) is 11.1. The first kappa shape index (κ1) is 26.5. The predicted octanol–water partition coefficient (Wildman–Crippen LogP) is 5.95. The first-order valence-electron chi connectivity index (χ1n) is 13.3. The molecule has 40 heavy (non-hydrogen) atoms. The fraction of sp³-hybridized carbons (Fsp3) is 0.367. The van der Waals surface area contributed by atoms with Crippen molar-refractivity contribution >= 4 is 21.9 Å². The van der Waals surface area contributed by atoms with Gasteiger partial charge in [0.1, 0.15) is 5.82 Å². The van der Waals surface area contributed by atoms with Crippen LogP contribution in [0.5, 0.6) is 0 Å². The number of aromatic nitrogens is 5. The zero-order chi connectivity index (χ0) is 28.3. The summed E-state index contributed by atoms with van der Waals surface area (Å²) in [5.41, 5.74) is 2.71. The van der Waals surface area contributed by atoms with E-state index < -0.39 is 29.1 Å². The number of aliphatic hydroxyl groups is 1. The highest BCUT2D eigenvalue weighted by atomic mass is 19.2. The number of pyridine rings is 1. The van der Waals surface area contributed by atoms with Crippen LogP contribution in [0.1, 0.15) is 49.6 Å². The lowest BCUT2D eigenvalue weighted by atomic mass is 9.86. The van der Waals surface area contributed by atoms with Crippen LogP contribution >= 0.6 is 0 Å². The topological polar surface area (TPSA) is 78.0 Å². The van der Waals surface area contributed by atoms with Gasteiger partial charge in [-0.15, -0.1) is 5.10 Å². The average Bonchev–Trinajstić information content (AvgIpc) is 3.43. The minimum absolute atomic E-state index is 0.138. The Kier molecular flexibility index (Phi) is 6.42. The van der Waals surface area contributed by atoms with E-state index in [-0.39, 0.29) is 16.9 Å². The Labute approximate surface area is 229 Å². The highest BCUT2D eigenvalue weighted by molar-refractivity contribution is 6.07. The third kappa shape index (κ3) is 4.26. The molecule has 0 bridgehead atoms. The van der Waals surface area contributed by atoms with Crippen LogP contribution in [-0.4, -0.2) is 42.9 Å². The number of rotatable bonds is 5. The molecule has 4 heterocycles. The van der Waals surface area contributed by atoms with Gasteiger partial charge in [-0.3, -0.25) is 4.98 Å². The van der Waals surface area contributed by atoms with Gasteiger partial charge in [-0.2, -0.15) is 0 Å². The van der Waals surface area contributed by atoms with Gasteiger partial charge in [0.15, 0.2) is 11.6 Å². The molecule has 208 valence electrons. The largest absolute Gasteiger partial charge is 0.386 e. The van der Waals surface area contributed by atoms with E-state index in [1.807, 2.05) is 17.6 Å². The summed E-state index contributed by atoms with van der Waals surface area (Å²) in [6, 6.07) is 8.38. The number of benzene rings is 2. The fourth-order valence-corrected chi connectivity index (χ4v) is 6.00. The lowest BCUT2D eigenvalue weighted by Crippen LogP contribution is -2.28. The van der Waals surface area contributed by atoms with Crippen LogP contribution in [0.4, 0.5) is 13.2 Å². The Bertz CT molecular complexity index is 1730. The smallest absolute Gasteiger partial charge is 0.164 e. The van der Waals surface area contributed by atoms with Crippen LogP contribution < -0.4 is 0 Å². The molecule has 0 aliphatic carbocycles. The van der Waals surface area contributed by atoms with E-state index in [2.05, 4.69) is 10.3 Å². The number of hydrogen-bond donors (Lipinski definition) is 1. The second-order valence-electron chi connectivity index (χ2n) is 11.1. The molecular weight excluding hydrogens is 519 g/mol. The molecular formula is C30H30F3N5O2. The van der Waals surface area contributed by atoms with Crippen molar-refractivity contribution in [2.24, 2.45) is 13.0 Å². The van der Waals surface area contributed by atoms with Crippen LogP contribution in [0.15, 0.2) is 42.6 Å². The van der Waals surface area contributed by atoms with Gasteiger partial charge in [0, 0.05) is 37.6 Å². The standard InChI is InChI=1S/C30H30F3N5O2/c1-16-28(37(4)36-35-16)18-12-24-27(34-15-18)25-22(32)13-19(30(2,3)39)14-23(25)38(24)29(17-8-10-40-11-9-17)20-6-5-7-21(31)26(20)33/h5-7,12-15,17,29,39H,8-11H2,1-4H3/t29-/m0/s1. The summed E-state index contributed by atoms with van der Waals surface area (Å²) in [5, 5.41) is 19.3. The van der Waals surface area contributed by atoms with E-state index in [4.69, 9.17) is 9.72 Å². The summed E-state index contributed by atoms with van der Waals surface area (Å²) < 4.78 is 55.3. The van der Waals surface area contributed by atoms with Gasteiger partial charge >= 0.3 is 0 Å². The van der Waals surface area contributed by atoms with E-state index in [1.54, 1.807) is 43.9 Å². The van der Waals surface area contributed by atoms with Gasteiger partial charge in [-0.25, -0.2) is 17.9 Å². The minimum atomic E-state index is -1.34. The zero-order valence-corrected chi connectivity index (χ0v) is 22.8. The number of halogens is 3. The molecule has 6 rings (SSSR count). The summed E-state index contributed by atoms with van der Waals surface area (Å²) in [4.78, 5) is 4.70. The molecule has 0 spiro atoms. The molecule has 2 aromatic carbocycles. The molecule has 1 N–H and O–H groups in total. The summed E-state index contributed by atoms with van der Waals surface area (Å²) >= 11 is 0.